The molecule has 0 spiro atoms. The van der Waals surface area contributed by atoms with Crippen molar-refractivity contribution in [2.45, 2.75) is 44.2 Å². The minimum absolute atomic E-state index is 0.0573. The van der Waals surface area contributed by atoms with Crippen molar-refractivity contribution in [3.05, 3.63) is 57.5 Å². The zero-order valence-corrected chi connectivity index (χ0v) is 16.2. The number of benzene rings is 1. The molecule has 7 heteroatoms. The molecule has 1 saturated heterocycles. The summed E-state index contributed by atoms with van der Waals surface area (Å²) in [6.07, 6.45) is 5.86. The van der Waals surface area contributed by atoms with Crippen molar-refractivity contribution in [1.29, 1.82) is 0 Å². The van der Waals surface area contributed by atoms with Gasteiger partial charge in [0, 0.05) is 34.1 Å². The van der Waals surface area contributed by atoms with Gasteiger partial charge in [0.25, 0.3) is 5.91 Å². The summed E-state index contributed by atoms with van der Waals surface area (Å²) in [4.78, 5) is 27.5. The Morgan fingerprint density at radius 2 is 1.89 bits per heavy atom. The van der Waals surface area contributed by atoms with E-state index in [-0.39, 0.29) is 17.9 Å². The minimum Gasteiger partial charge on any atom is -0.469 e. The van der Waals surface area contributed by atoms with Crippen molar-refractivity contribution < 1.29 is 14.0 Å². The number of hydrogen-bond acceptors (Lipinski definition) is 3. The normalized spacial score (nSPS) is 21.8. The van der Waals surface area contributed by atoms with Crippen LogP contribution < -0.4 is 5.32 Å². The zero-order chi connectivity index (χ0) is 19.0. The molecule has 5 nitrogen and oxygen atoms in total. The number of fused-ring (bicyclic) bond motifs is 1. The maximum Gasteiger partial charge on any atom is 0.254 e. The Labute approximate surface area is 167 Å². The lowest BCUT2D eigenvalue weighted by Gasteiger charge is -2.28. The second-order valence-electron chi connectivity index (χ2n) is 7.07. The molecule has 4 rings (SSSR count). The molecule has 2 unspecified atom stereocenters. The number of hydrogen-bond donors (Lipinski definition) is 1. The summed E-state index contributed by atoms with van der Waals surface area (Å²) in [6.45, 7) is 0.544. The molecule has 27 heavy (non-hydrogen) atoms. The van der Waals surface area contributed by atoms with E-state index < -0.39 is 6.04 Å². The topological polar surface area (TPSA) is 62.6 Å². The van der Waals surface area contributed by atoms with Gasteiger partial charge in [-0.15, -0.1) is 0 Å². The summed E-state index contributed by atoms with van der Waals surface area (Å²) in [7, 11) is 0. The van der Waals surface area contributed by atoms with Crippen LogP contribution in [0.2, 0.25) is 10.0 Å². The Morgan fingerprint density at radius 3 is 2.67 bits per heavy atom. The second-order valence-corrected chi connectivity index (χ2v) is 7.94. The van der Waals surface area contributed by atoms with E-state index in [0.29, 0.717) is 28.6 Å². The van der Waals surface area contributed by atoms with Crippen LogP contribution in [0.5, 0.6) is 0 Å². The molecule has 2 aromatic rings. The Hall–Kier alpha value is -1.98. The zero-order valence-electron chi connectivity index (χ0n) is 14.7. The third kappa shape index (κ3) is 3.71. The van der Waals surface area contributed by atoms with Gasteiger partial charge >= 0.3 is 0 Å². The summed E-state index contributed by atoms with van der Waals surface area (Å²) >= 11 is 12.0. The van der Waals surface area contributed by atoms with Gasteiger partial charge in [0.2, 0.25) is 5.91 Å². The molecule has 1 aliphatic carbocycles. The average molecular weight is 407 g/mol. The van der Waals surface area contributed by atoms with Gasteiger partial charge in [-0.25, -0.2) is 0 Å². The maximum absolute atomic E-state index is 12.9. The van der Waals surface area contributed by atoms with Crippen LogP contribution in [-0.4, -0.2) is 29.3 Å². The molecule has 0 bridgehead atoms. The molecular formula is C20H20Cl2N2O3. The lowest BCUT2D eigenvalue weighted by Crippen LogP contribution is -2.47. The quantitative estimate of drug-likeness (QED) is 0.821. The first-order valence-electron chi connectivity index (χ1n) is 9.16. The molecule has 2 heterocycles. The predicted molar refractivity (Wildman–Crippen MR) is 103 cm³/mol. The number of nitrogens with zero attached hydrogens (tertiary/aromatic N) is 1. The van der Waals surface area contributed by atoms with Crippen LogP contribution >= 0.6 is 23.2 Å². The van der Waals surface area contributed by atoms with Crippen molar-refractivity contribution >= 4 is 35.0 Å². The molecule has 2 aliphatic rings. The molecule has 0 saturated carbocycles. The number of carbonyl (C=O) groups excluding carboxylic acids is 2. The van der Waals surface area contributed by atoms with E-state index in [4.69, 9.17) is 27.6 Å². The van der Waals surface area contributed by atoms with Gasteiger partial charge < -0.3 is 14.6 Å². The molecule has 1 N–H and O–H groups in total. The number of nitrogens with one attached hydrogen (secondary N) is 1. The molecule has 1 aliphatic heterocycles. The largest absolute Gasteiger partial charge is 0.469 e. The van der Waals surface area contributed by atoms with Crippen LogP contribution in [0.15, 0.2) is 34.9 Å². The number of rotatable bonds is 3. The molecule has 2 atom stereocenters. The van der Waals surface area contributed by atoms with Crippen molar-refractivity contribution in [1.82, 2.24) is 10.2 Å². The summed E-state index contributed by atoms with van der Waals surface area (Å²) in [5.74, 6) is 0.609. The highest BCUT2D eigenvalue weighted by atomic mass is 35.5. The first-order chi connectivity index (χ1) is 13.0. The lowest BCUT2D eigenvalue weighted by atomic mass is 9.93. The summed E-state index contributed by atoms with van der Waals surface area (Å²) in [5, 5.41) is 3.92. The first-order valence-corrected chi connectivity index (χ1v) is 9.92. The number of amides is 2. The van der Waals surface area contributed by atoms with Crippen LogP contribution in [-0.2, 0) is 11.2 Å². The Morgan fingerprint density at radius 1 is 1.11 bits per heavy atom. The Balaban J connectivity index is 1.50. The third-order valence-electron chi connectivity index (χ3n) is 5.29. The van der Waals surface area contributed by atoms with Crippen molar-refractivity contribution in [2.75, 3.05) is 6.54 Å². The third-order valence-corrected chi connectivity index (χ3v) is 5.73. The van der Waals surface area contributed by atoms with E-state index in [1.165, 1.54) is 0 Å². The lowest BCUT2D eigenvalue weighted by molar-refractivity contribution is -0.125. The molecule has 1 fully saturated rings. The first kappa shape index (κ1) is 18.4. The molecule has 142 valence electrons. The van der Waals surface area contributed by atoms with Gasteiger partial charge in [-0.3, -0.25) is 9.59 Å². The van der Waals surface area contributed by atoms with E-state index in [2.05, 4.69) is 5.32 Å². The molecule has 1 aromatic heterocycles. The van der Waals surface area contributed by atoms with Crippen molar-refractivity contribution in [2.24, 2.45) is 0 Å². The van der Waals surface area contributed by atoms with Gasteiger partial charge in [0.05, 0.1) is 12.3 Å². The summed E-state index contributed by atoms with van der Waals surface area (Å²) < 4.78 is 5.49. The second kappa shape index (κ2) is 7.56. The Kier molecular flexibility index (Phi) is 5.15. The number of furan rings is 1. The van der Waals surface area contributed by atoms with E-state index in [0.717, 1.165) is 37.0 Å². The number of halogens is 2. The standard InChI is InChI=1S/C20H20Cl2N2O3/c21-13-9-12(10-14(22)11-13)20(26)24-7-2-4-17(24)19(25)23-16-3-1-5-18-15(16)6-8-27-18/h6,8-11,16-17H,1-5,7H2,(H,23,25). The number of aryl methyl sites for hydroxylation is 1. The van der Waals surface area contributed by atoms with Gasteiger partial charge in [0.1, 0.15) is 11.8 Å². The van der Waals surface area contributed by atoms with Crippen LogP contribution in [0.1, 0.15) is 53.4 Å². The fraction of sp³-hybridized carbons (Fsp3) is 0.400. The van der Waals surface area contributed by atoms with Gasteiger partial charge in [0.15, 0.2) is 0 Å². The monoisotopic (exact) mass is 406 g/mol. The number of carbonyl (C=O) groups is 2. The summed E-state index contributed by atoms with van der Waals surface area (Å²) in [6, 6.07) is 6.14. The molecule has 1 aromatic carbocycles. The SMILES string of the molecule is O=C(NC1CCCc2occc21)C1CCCN1C(=O)c1cc(Cl)cc(Cl)c1. The van der Waals surface area contributed by atoms with Crippen LogP contribution in [0.3, 0.4) is 0 Å². The highest BCUT2D eigenvalue weighted by molar-refractivity contribution is 6.35. The number of likely N-dealkylation sites (tertiary alicyclic amines) is 1. The average Bonchev–Trinajstić information content (AvgIpc) is 3.30. The van der Waals surface area contributed by atoms with Crippen molar-refractivity contribution in [3.8, 4) is 0 Å². The van der Waals surface area contributed by atoms with Gasteiger partial charge in [-0.05, 0) is 49.9 Å². The van der Waals surface area contributed by atoms with Gasteiger partial charge in [-0.2, -0.15) is 0 Å². The van der Waals surface area contributed by atoms with E-state index in [1.54, 1.807) is 29.4 Å². The molecule has 0 radical (unpaired) electrons. The van der Waals surface area contributed by atoms with E-state index >= 15 is 0 Å². The highest BCUT2D eigenvalue weighted by Crippen LogP contribution is 2.31. The van der Waals surface area contributed by atoms with Crippen LogP contribution in [0, 0.1) is 0 Å². The fourth-order valence-electron chi connectivity index (χ4n) is 4.03. The minimum atomic E-state index is -0.479. The smallest absolute Gasteiger partial charge is 0.254 e. The maximum atomic E-state index is 12.9. The Bertz CT molecular complexity index is 860. The predicted octanol–water partition coefficient (Wildman–Crippen LogP) is 4.38. The fourth-order valence-corrected chi connectivity index (χ4v) is 4.56. The summed E-state index contributed by atoms with van der Waals surface area (Å²) in [5.41, 5.74) is 1.45. The van der Waals surface area contributed by atoms with Gasteiger partial charge in [-0.1, -0.05) is 23.2 Å². The van der Waals surface area contributed by atoms with Crippen molar-refractivity contribution in [3.63, 3.8) is 0 Å². The highest BCUT2D eigenvalue weighted by Gasteiger charge is 2.36. The van der Waals surface area contributed by atoms with Crippen LogP contribution in [0.4, 0.5) is 0 Å². The molecular weight excluding hydrogens is 387 g/mol. The van der Waals surface area contributed by atoms with Crippen LogP contribution in [0.25, 0.3) is 0 Å². The van der Waals surface area contributed by atoms with E-state index in [9.17, 15) is 9.59 Å². The molecule has 2 amide bonds. The van der Waals surface area contributed by atoms with E-state index in [1.807, 2.05) is 6.07 Å².